The Kier molecular flexibility index (Phi) is 4.42. The number of hydrogen-bond donors (Lipinski definition) is 1. The zero-order chi connectivity index (χ0) is 16.3. The molecule has 3 aromatic rings. The van der Waals surface area contributed by atoms with Gasteiger partial charge in [0.25, 0.3) is 0 Å². The summed E-state index contributed by atoms with van der Waals surface area (Å²) in [4.78, 5) is 8.05. The van der Waals surface area contributed by atoms with Crippen molar-refractivity contribution in [3.63, 3.8) is 0 Å². The quantitative estimate of drug-likeness (QED) is 0.716. The Morgan fingerprint density at radius 2 is 1.91 bits per heavy atom. The highest BCUT2D eigenvalue weighted by atomic mass is 35.5. The highest BCUT2D eigenvalue weighted by Crippen LogP contribution is 2.18. The van der Waals surface area contributed by atoms with E-state index in [0.717, 1.165) is 5.56 Å². The number of aromatic nitrogens is 2. The Morgan fingerprint density at radius 3 is 2.61 bits per heavy atom. The predicted octanol–water partition coefficient (Wildman–Crippen LogP) is 2.87. The van der Waals surface area contributed by atoms with Gasteiger partial charge in [-0.25, -0.2) is 23.1 Å². The van der Waals surface area contributed by atoms with Gasteiger partial charge in [0.05, 0.1) is 12.2 Å². The highest BCUT2D eigenvalue weighted by molar-refractivity contribution is 7.89. The van der Waals surface area contributed by atoms with Crippen LogP contribution in [0.4, 0.5) is 0 Å². The van der Waals surface area contributed by atoms with Crippen molar-refractivity contribution in [2.45, 2.75) is 11.4 Å². The Balaban J connectivity index is 1.71. The fraction of sp³-hybridized carbons (Fsp3) is 0.0667. The maximum atomic E-state index is 12.1. The Hall–Kier alpha value is -2.22. The molecule has 2 aromatic heterocycles. The summed E-state index contributed by atoms with van der Waals surface area (Å²) in [5, 5.41) is 0.230. The van der Waals surface area contributed by atoms with Crippen LogP contribution >= 0.6 is 11.6 Å². The largest absolute Gasteiger partial charge is 0.444 e. The molecule has 0 aliphatic heterocycles. The Labute approximate surface area is 138 Å². The maximum absolute atomic E-state index is 12.1. The molecule has 23 heavy (non-hydrogen) atoms. The van der Waals surface area contributed by atoms with Gasteiger partial charge >= 0.3 is 0 Å². The van der Waals surface area contributed by atoms with Crippen LogP contribution in [0.1, 0.15) is 5.69 Å². The first-order chi connectivity index (χ1) is 11.0. The van der Waals surface area contributed by atoms with Gasteiger partial charge in [0, 0.05) is 11.8 Å². The molecule has 1 N–H and O–H groups in total. The molecular weight excluding hydrogens is 338 g/mol. The van der Waals surface area contributed by atoms with Gasteiger partial charge < -0.3 is 4.42 Å². The molecule has 0 amide bonds. The second-order valence-electron chi connectivity index (χ2n) is 4.65. The number of rotatable bonds is 5. The van der Waals surface area contributed by atoms with Crippen molar-refractivity contribution in [1.82, 2.24) is 14.7 Å². The van der Waals surface area contributed by atoms with Gasteiger partial charge in [0.1, 0.15) is 16.3 Å². The Bertz CT molecular complexity index is 893. The average molecular weight is 350 g/mol. The number of hydrogen-bond acceptors (Lipinski definition) is 5. The van der Waals surface area contributed by atoms with Crippen LogP contribution in [-0.4, -0.2) is 18.4 Å². The van der Waals surface area contributed by atoms with Crippen LogP contribution < -0.4 is 4.72 Å². The molecule has 0 aliphatic rings. The minimum absolute atomic E-state index is 0.0152. The number of nitrogens with one attached hydrogen (secondary N) is 1. The molecule has 0 bridgehead atoms. The van der Waals surface area contributed by atoms with E-state index < -0.39 is 10.0 Å². The molecule has 6 nitrogen and oxygen atoms in total. The lowest BCUT2D eigenvalue weighted by molar-refractivity contribution is 0.569. The summed E-state index contributed by atoms with van der Waals surface area (Å²) in [6, 6.07) is 12.2. The summed E-state index contributed by atoms with van der Waals surface area (Å²) < 4.78 is 32.1. The molecule has 118 valence electrons. The molecule has 8 heteroatoms. The van der Waals surface area contributed by atoms with Crippen molar-refractivity contribution in [3.8, 4) is 11.5 Å². The van der Waals surface area contributed by atoms with E-state index in [1.54, 1.807) is 0 Å². The second-order valence-corrected chi connectivity index (χ2v) is 6.81. The van der Waals surface area contributed by atoms with E-state index in [1.807, 2.05) is 30.3 Å². The zero-order valence-corrected chi connectivity index (χ0v) is 13.4. The van der Waals surface area contributed by atoms with E-state index in [9.17, 15) is 8.42 Å². The second kappa shape index (κ2) is 6.49. The number of nitrogens with zero attached hydrogens (tertiary/aromatic N) is 2. The maximum Gasteiger partial charge on any atom is 0.242 e. The third kappa shape index (κ3) is 3.76. The molecule has 0 radical (unpaired) electrons. The highest BCUT2D eigenvalue weighted by Gasteiger charge is 2.15. The molecule has 0 unspecified atom stereocenters. The molecule has 0 atom stereocenters. The van der Waals surface area contributed by atoms with Crippen LogP contribution in [0.15, 0.2) is 64.2 Å². The summed E-state index contributed by atoms with van der Waals surface area (Å²) in [6.45, 7) is 0.0152. The summed E-state index contributed by atoms with van der Waals surface area (Å²) >= 11 is 5.65. The molecule has 0 fully saturated rings. The fourth-order valence-electron chi connectivity index (χ4n) is 1.87. The van der Waals surface area contributed by atoms with Crippen LogP contribution in [0.5, 0.6) is 0 Å². The first kappa shape index (κ1) is 15.7. The van der Waals surface area contributed by atoms with Gasteiger partial charge in [-0.15, -0.1) is 0 Å². The topological polar surface area (TPSA) is 85.1 Å². The standard InChI is InChI=1S/C15H12ClN3O3S/c16-14-7-6-13(9-17-14)23(20,21)18-8-12-10-22-15(19-12)11-4-2-1-3-5-11/h1-7,9-10,18H,8H2. The van der Waals surface area contributed by atoms with Gasteiger partial charge in [-0.05, 0) is 24.3 Å². The molecule has 1 aromatic carbocycles. The predicted molar refractivity (Wildman–Crippen MR) is 85.2 cm³/mol. The number of halogens is 1. The van der Waals surface area contributed by atoms with Gasteiger partial charge in [-0.3, -0.25) is 0 Å². The monoisotopic (exact) mass is 349 g/mol. The van der Waals surface area contributed by atoms with Crippen LogP contribution in [0.2, 0.25) is 5.15 Å². The number of oxazole rings is 1. The van der Waals surface area contributed by atoms with Crippen molar-refractivity contribution < 1.29 is 12.8 Å². The summed E-state index contributed by atoms with van der Waals surface area (Å²) in [7, 11) is -3.68. The minimum atomic E-state index is -3.68. The summed E-state index contributed by atoms with van der Waals surface area (Å²) in [5.74, 6) is 0.438. The van der Waals surface area contributed by atoms with E-state index in [2.05, 4.69) is 14.7 Å². The first-order valence-corrected chi connectivity index (χ1v) is 8.52. The molecule has 3 rings (SSSR count). The average Bonchev–Trinajstić information content (AvgIpc) is 3.03. The molecular formula is C15H12ClN3O3S. The minimum Gasteiger partial charge on any atom is -0.444 e. The molecule has 0 saturated carbocycles. The fourth-order valence-corrected chi connectivity index (χ4v) is 2.93. The lowest BCUT2D eigenvalue weighted by atomic mass is 10.2. The van der Waals surface area contributed by atoms with Crippen LogP contribution in [0, 0.1) is 0 Å². The van der Waals surface area contributed by atoms with E-state index in [0.29, 0.717) is 11.6 Å². The van der Waals surface area contributed by atoms with Crippen molar-refractivity contribution in [2.75, 3.05) is 0 Å². The van der Waals surface area contributed by atoms with Crippen molar-refractivity contribution in [1.29, 1.82) is 0 Å². The van der Waals surface area contributed by atoms with E-state index in [4.69, 9.17) is 16.0 Å². The van der Waals surface area contributed by atoms with Gasteiger partial charge in [-0.1, -0.05) is 29.8 Å². The van der Waals surface area contributed by atoms with Crippen LogP contribution in [0.3, 0.4) is 0 Å². The van der Waals surface area contributed by atoms with E-state index >= 15 is 0 Å². The molecule has 0 spiro atoms. The van der Waals surface area contributed by atoms with E-state index in [1.165, 1.54) is 24.6 Å². The number of sulfonamides is 1. The Morgan fingerprint density at radius 1 is 1.13 bits per heavy atom. The van der Waals surface area contributed by atoms with Crippen molar-refractivity contribution >= 4 is 21.6 Å². The normalized spacial score (nSPS) is 11.5. The molecule has 0 saturated heterocycles. The number of pyridine rings is 1. The zero-order valence-electron chi connectivity index (χ0n) is 11.8. The first-order valence-electron chi connectivity index (χ1n) is 6.66. The third-order valence-corrected chi connectivity index (χ3v) is 4.64. The summed E-state index contributed by atoms with van der Waals surface area (Å²) in [5.41, 5.74) is 1.30. The van der Waals surface area contributed by atoms with Crippen LogP contribution in [-0.2, 0) is 16.6 Å². The smallest absolute Gasteiger partial charge is 0.242 e. The lowest BCUT2D eigenvalue weighted by Gasteiger charge is -2.04. The lowest BCUT2D eigenvalue weighted by Crippen LogP contribution is -2.23. The van der Waals surface area contributed by atoms with Crippen molar-refractivity contribution in [2.24, 2.45) is 0 Å². The SMILES string of the molecule is O=S(=O)(NCc1coc(-c2ccccc2)n1)c1ccc(Cl)nc1. The van der Waals surface area contributed by atoms with Gasteiger partial charge in [-0.2, -0.15) is 0 Å². The van der Waals surface area contributed by atoms with E-state index in [-0.39, 0.29) is 16.6 Å². The third-order valence-electron chi connectivity index (χ3n) is 3.03. The number of benzene rings is 1. The molecule has 2 heterocycles. The molecule has 0 aliphatic carbocycles. The summed E-state index contributed by atoms with van der Waals surface area (Å²) in [6.07, 6.45) is 2.62. The van der Waals surface area contributed by atoms with Gasteiger partial charge in [0.2, 0.25) is 15.9 Å². The van der Waals surface area contributed by atoms with Crippen molar-refractivity contribution in [3.05, 3.63) is 65.8 Å². The van der Waals surface area contributed by atoms with Gasteiger partial charge in [0.15, 0.2) is 0 Å². The van der Waals surface area contributed by atoms with Crippen LogP contribution in [0.25, 0.3) is 11.5 Å².